The fourth-order valence-electron chi connectivity index (χ4n) is 4.70. The highest BCUT2D eigenvalue weighted by molar-refractivity contribution is 5.73. The third kappa shape index (κ3) is 6.33. The molecule has 198 valence electrons. The van der Waals surface area contributed by atoms with E-state index in [4.69, 9.17) is 13.9 Å². The van der Waals surface area contributed by atoms with E-state index >= 15 is 0 Å². The van der Waals surface area contributed by atoms with Gasteiger partial charge in [-0.2, -0.15) is 13.2 Å². The van der Waals surface area contributed by atoms with Gasteiger partial charge in [-0.25, -0.2) is 9.78 Å². The van der Waals surface area contributed by atoms with Crippen molar-refractivity contribution in [2.75, 3.05) is 13.2 Å². The molecule has 6 nitrogen and oxygen atoms in total. The first-order chi connectivity index (χ1) is 17.7. The lowest BCUT2D eigenvalue weighted by atomic mass is 9.86. The van der Waals surface area contributed by atoms with Crippen molar-refractivity contribution < 1.29 is 37.0 Å². The second-order valence-electron chi connectivity index (χ2n) is 9.07. The number of nitrogens with zero attached hydrogens (tertiary/aromatic N) is 1. The van der Waals surface area contributed by atoms with E-state index in [1.54, 1.807) is 13.8 Å². The van der Waals surface area contributed by atoms with Gasteiger partial charge in [-0.15, -0.1) is 0 Å². The van der Waals surface area contributed by atoms with Crippen LogP contribution >= 0.6 is 0 Å². The lowest BCUT2D eigenvalue weighted by Crippen LogP contribution is -2.27. The maximum atomic E-state index is 12.8. The quantitative estimate of drug-likeness (QED) is 0.345. The van der Waals surface area contributed by atoms with Gasteiger partial charge >= 0.3 is 12.1 Å². The van der Waals surface area contributed by atoms with Crippen LogP contribution in [0.3, 0.4) is 0 Å². The molecule has 2 aromatic carbocycles. The van der Waals surface area contributed by atoms with Gasteiger partial charge in [0.1, 0.15) is 11.5 Å². The summed E-state index contributed by atoms with van der Waals surface area (Å²) in [7, 11) is 0. The summed E-state index contributed by atoms with van der Waals surface area (Å²) in [6, 6.07) is 8.55. The maximum Gasteiger partial charge on any atom is 0.416 e. The summed E-state index contributed by atoms with van der Waals surface area (Å²) >= 11 is 0. The summed E-state index contributed by atoms with van der Waals surface area (Å²) in [5.74, 6) is 0.674. The first kappa shape index (κ1) is 26.7. The maximum absolute atomic E-state index is 12.8. The number of carboxylic acids is 1. The molecule has 0 amide bonds. The molecule has 1 aliphatic carbocycles. The van der Waals surface area contributed by atoms with Crippen LogP contribution in [0.25, 0.3) is 11.5 Å². The van der Waals surface area contributed by atoms with Crippen molar-refractivity contribution in [3.8, 4) is 17.2 Å². The van der Waals surface area contributed by atoms with Crippen molar-refractivity contribution in [2.24, 2.45) is 0 Å². The SMILES string of the molecule is CCOC(Cc1ccc(OCCc2nc(-c3ccc(C(F)(F)F)cc3)oc2C)c2c1CCCC2)C(=O)O. The number of aromatic nitrogens is 1. The van der Waals surface area contributed by atoms with E-state index in [1.807, 2.05) is 12.1 Å². The summed E-state index contributed by atoms with van der Waals surface area (Å²) < 4.78 is 55.7. The molecular weight excluding hydrogens is 487 g/mol. The molecule has 1 atom stereocenters. The molecule has 1 N–H and O–H groups in total. The molecule has 0 bridgehead atoms. The Labute approximate surface area is 213 Å². The van der Waals surface area contributed by atoms with Gasteiger partial charge in [-0.1, -0.05) is 6.07 Å². The number of fused-ring (bicyclic) bond motifs is 1. The smallest absolute Gasteiger partial charge is 0.416 e. The minimum atomic E-state index is -4.40. The van der Waals surface area contributed by atoms with E-state index < -0.39 is 23.8 Å². The summed E-state index contributed by atoms with van der Waals surface area (Å²) in [6.07, 6.45) is -0.664. The van der Waals surface area contributed by atoms with Crippen LogP contribution in [0.15, 0.2) is 40.8 Å². The third-order valence-electron chi connectivity index (χ3n) is 6.59. The Balaban J connectivity index is 1.44. The molecule has 0 radical (unpaired) electrons. The number of rotatable bonds is 10. The first-order valence-electron chi connectivity index (χ1n) is 12.4. The molecule has 0 saturated carbocycles. The fraction of sp³-hybridized carbons (Fsp3) is 0.429. The number of halogens is 3. The van der Waals surface area contributed by atoms with Crippen LogP contribution in [0.5, 0.6) is 5.75 Å². The van der Waals surface area contributed by atoms with Gasteiger partial charge in [0, 0.05) is 25.0 Å². The van der Waals surface area contributed by atoms with Crippen LogP contribution in [0.1, 0.15) is 53.5 Å². The normalized spacial score (nSPS) is 14.3. The predicted octanol–water partition coefficient (Wildman–Crippen LogP) is 6.20. The van der Waals surface area contributed by atoms with E-state index in [0.29, 0.717) is 43.1 Å². The molecule has 0 fully saturated rings. The molecule has 0 aliphatic heterocycles. The molecule has 0 saturated heterocycles. The van der Waals surface area contributed by atoms with Crippen molar-refractivity contribution in [1.82, 2.24) is 4.98 Å². The van der Waals surface area contributed by atoms with Gasteiger partial charge < -0.3 is 19.0 Å². The lowest BCUT2D eigenvalue weighted by molar-refractivity contribution is -0.150. The largest absolute Gasteiger partial charge is 0.493 e. The molecule has 1 unspecified atom stereocenters. The van der Waals surface area contributed by atoms with Crippen LogP contribution < -0.4 is 4.74 Å². The lowest BCUT2D eigenvalue weighted by Gasteiger charge is -2.24. The summed E-state index contributed by atoms with van der Waals surface area (Å²) in [4.78, 5) is 16.0. The Morgan fingerprint density at radius 3 is 2.46 bits per heavy atom. The van der Waals surface area contributed by atoms with Crippen LogP contribution in [0.2, 0.25) is 0 Å². The van der Waals surface area contributed by atoms with Gasteiger partial charge in [0.05, 0.1) is 17.9 Å². The Morgan fingerprint density at radius 2 is 1.81 bits per heavy atom. The number of alkyl halides is 3. The third-order valence-corrected chi connectivity index (χ3v) is 6.59. The molecule has 4 rings (SSSR count). The van der Waals surface area contributed by atoms with Gasteiger partial charge in [-0.3, -0.25) is 0 Å². The summed E-state index contributed by atoms with van der Waals surface area (Å²) in [5, 5.41) is 9.48. The Hall–Kier alpha value is -3.33. The van der Waals surface area contributed by atoms with Gasteiger partial charge in [0.15, 0.2) is 6.10 Å². The number of carbonyl (C=O) groups is 1. The fourth-order valence-corrected chi connectivity index (χ4v) is 4.70. The van der Waals surface area contributed by atoms with Gasteiger partial charge in [0.25, 0.3) is 0 Å². The van der Waals surface area contributed by atoms with Crippen molar-refractivity contribution in [3.63, 3.8) is 0 Å². The van der Waals surface area contributed by atoms with Crippen molar-refractivity contribution >= 4 is 5.97 Å². The second kappa shape index (κ2) is 11.4. The Bertz CT molecular complexity index is 1230. The highest BCUT2D eigenvalue weighted by Gasteiger charge is 2.30. The zero-order valence-corrected chi connectivity index (χ0v) is 20.9. The van der Waals surface area contributed by atoms with Crippen molar-refractivity contribution in [3.05, 3.63) is 70.1 Å². The standard InChI is InChI=1S/C28H30F3NO5/c1-3-35-25(27(33)34)16-19-10-13-24(22-7-5-4-6-21(19)22)36-15-14-23-17(2)37-26(32-23)18-8-11-20(12-9-18)28(29,30)31/h8-13,25H,3-7,14-16H2,1-2H3,(H,33,34). The van der Waals surface area contributed by atoms with Crippen LogP contribution in [-0.4, -0.2) is 35.4 Å². The van der Waals surface area contributed by atoms with Crippen molar-refractivity contribution in [1.29, 1.82) is 0 Å². The number of ether oxygens (including phenoxy) is 2. The molecule has 3 aromatic rings. The minimum Gasteiger partial charge on any atom is -0.493 e. The second-order valence-corrected chi connectivity index (χ2v) is 9.07. The van der Waals surface area contributed by atoms with Crippen LogP contribution in [0, 0.1) is 6.92 Å². The molecule has 9 heteroatoms. The molecule has 1 aliphatic rings. The van der Waals surface area contributed by atoms with E-state index in [1.165, 1.54) is 12.1 Å². The van der Waals surface area contributed by atoms with Crippen LogP contribution in [0.4, 0.5) is 13.2 Å². The topological polar surface area (TPSA) is 81.8 Å². The van der Waals surface area contributed by atoms with E-state index in [-0.39, 0.29) is 5.89 Å². The van der Waals surface area contributed by atoms with E-state index in [0.717, 1.165) is 60.3 Å². The number of carboxylic acid groups (broad SMARTS) is 1. The summed E-state index contributed by atoms with van der Waals surface area (Å²) in [5.41, 5.74) is 3.68. The Kier molecular flexibility index (Phi) is 8.22. The highest BCUT2D eigenvalue weighted by atomic mass is 19.4. The highest BCUT2D eigenvalue weighted by Crippen LogP contribution is 2.34. The van der Waals surface area contributed by atoms with Crippen molar-refractivity contribution in [2.45, 2.75) is 64.7 Å². The zero-order valence-electron chi connectivity index (χ0n) is 20.9. The van der Waals surface area contributed by atoms with E-state index in [2.05, 4.69) is 4.98 Å². The number of aryl methyl sites for hydroxylation is 1. The Morgan fingerprint density at radius 1 is 1.11 bits per heavy atom. The predicted molar refractivity (Wildman–Crippen MR) is 131 cm³/mol. The monoisotopic (exact) mass is 517 g/mol. The minimum absolute atomic E-state index is 0.269. The average Bonchev–Trinajstić information content (AvgIpc) is 3.24. The van der Waals surface area contributed by atoms with Gasteiger partial charge in [0.2, 0.25) is 5.89 Å². The van der Waals surface area contributed by atoms with E-state index in [9.17, 15) is 23.1 Å². The molecule has 1 heterocycles. The average molecular weight is 518 g/mol. The molecule has 1 aromatic heterocycles. The zero-order chi connectivity index (χ0) is 26.6. The van der Waals surface area contributed by atoms with Crippen LogP contribution in [-0.2, 0) is 41.4 Å². The first-order valence-corrected chi connectivity index (χ1v) is 12.4. The van der Waals surface area contributed by atoms with Gasteiger partial charge in [-0.05, 0) is 86.6 Å². The molecule has 0 spiro atoms. The number of oxazole rings is 1. The molecule has 37 heavy (non-hydrogen) atoms. The number of hydrogen-bond donors (Lipinski definition) is 1. The molecular formula is C28H30F3NO5. The number of benzene rings is 2. The number of aliphatic carboxylic acids is 1. The summed E-state index contributed by atoms with van der Waals surface area (Å²) in [6.45, 7) is 4.24. The number of hydrogen-bond acceptors (Lipinski definition) is 5.